The molecule has 1 unspecified atom stereocenters. The number of carboxylic acid groups (broad SMARTS) is 1. The minimum atomic E-state index is -0.697. The van der Waals surface area contributed by atoms with Gasteiger partial charge in [-0.15, -0.1) is 0 Å². The molecule has 4 heteroatoms. The van der Waals surface area contributed by atoms with Gasteiger partial charge in [0, 0.05) is 12.1 Å². The van der Waals surface area contributed by atoms with Crippen molar-refractivity contribution in [3.05, 3.63) is 48.2 Å². The molecule has 1 aliphatic rings. The average molecular weight is 271 g/mol. The molecule has 0 amide bonds. The van der Waals surface area contributed by atoms with Crippen molar-refractivity contribution in [2.24, 2.45) is 5.92 Å². The number of aliphatic carboxylic acids is 1. The number of nitrogens with zero attached hydrogens (tertiary/aromatic N) is 1. The fourth-order valence-electron chi connectivity index (χ4n) is 2.62. The van der Waals surface area contributed by atoms with Gasteiger partial charge in [0.05, 0.1) is 12.5 Å². The van der Waals surface area contributed by atoms with Gasteiger partial charge < -0.3 is 9.52 Å². The van der Waals surface area contributed by atoms with E-state index in [-0.39, 0.29) is 5.92 Å². The topological polar surface area (TPSA) is 53.7 Å². The molecule has 20 heavy (non-hydrogen) atoms. The second-order valence-electron chi connectivity index (χ2n) is 5.19. The summed E-state index contributed by atoms with van der Waals surface area (Å²) in [5.41, 5.74) is 1.06. The van der Waals surface area contributed by atoms with E-state index in [1.807, 2.05) is 42.5 Å². The standard InChI is InChI=1S/C16H17NO3/c18-16(19)13-8-9-17(10-13)11-14-6-7-15(20-14)12-4-2-1-3-5-12/h1-7,13H,8-11H2,(H,18,19). The van der Waals surface area contributed by atoms with Crippen LogP contribution in [0.25, 0.3) is 11.3 Å². The normalized spacial score (nSPS) is 19.3. The molecule has 0 saturated carbocycles. The first kappa shape index (κ1) is 12.9. The summed E-state index contributed by atoms with van der Waals surface area (Å²) >= 11 is 0. The Morgan fingerprint density at radius 1 is 1.25 bits per heavy atom. The van der Waals surface area contributed by atoms with Crippen LogP contribution in [0.3, 0.4) is 0 Å². The van der Waals surface area contributed by atoms with Crippen LogP contribution in [0.2, 0.25) is 0 Å². The van der Waals surface area contributed by atoms with Gasteiger partial charge >= 0.3 is 5.97 Å². The molecule has 2 aromatic rings. The van der Waals surface area contributed by atoms with Crippen LogP contribution in [0.1, 0.15) is 12.2 Å². The highest BCUT2D eigenvalue weighted by molar-refractivity contribution is 5.70. The fraction of sp³-hybridized carbons (Fsp3) is 0.312. The second-order valence-corrected chi connectivity index (χ2v) is 5.19. The van der Waals surface area contributed by atoms with Gasteiger partial charge in [0.1, 0.15) is 11.5 Å². The van der Waals surface area contributed by atoms with Crippen LogP contribution in [0, 0.1) is 5.92 Å². The zero-order valence-electron chi connectivity index (χ0n) is 11.2. The number of likely N-dealkylation sites (tertiary alicyclic amines) is 1. The summed E-state index contributed by atoms with van der Waals surface area (Å²) in [6.45, 7) is 2.10. The quantitative estimate of drug-likeness (QED) is 0.929. The lowest BCUT2D eigenvalue weighted by Gasteiger charge is -2.12. The molecule has 4 nitrogen and oxygen atoms in total. The Balaban J connectivity index is 1.65. The minimum absolute atomic E-state index is 0.237. The maximum atomic E-state index is 10.9. The summed E-state index contributed by atoms with van der Waals surface area (Å²) in [5, 5.41) is 9.00. The number of hydrogen-bond acceptors (Lipinski definition) is 3. The van der Waals surface area contributed by atoms with Crippen molar-refractivity contribution in [2.45, 2.75) is 13.0 Å². The van der Waals surface area contributed by atoms with Gasteiger partial charge in [0.25, 0.3) is 0 Å². The van der Waals surface area contributed by atoms with Crippen molar-refractivity contribution in [1.82, 2.24) is 4.90 Å². The van der Waals surface area contributed by atoms with Crippen LogP contribution in [0.5, 0.6) is 0 Å². The first-order chi connectivity index (χ1) is 9.72. The summed E-state index contributed by atoms with van der Waals surface area (Å²) in [6, 6.07) is 13.9. The van der Waals surface area contributed by atoms with Gasteiger partial charge in [0.15, 0.2) is 0 Å². The molecule has 1 atom stereocenters. The second kappa shape index (κ2) is 5.51. The number of hydrogen-bond donors (Lipinski definition) is 1. The van der Waals surface area contributed by atoms with Crippen LogP contribution >= 0.6 is 0 Å². The highest BCUT2D eigenvalue weighted by Crippen LogP contribution is 2.24. The smallest absolute Gasteiger partial charge is 0.307 e. The van der Waals surface area contributed by atoms with Gasteiger partial charge in [-0.3, -0.25) is 9.69 Å². The van der Waals surface area contributed by atoms with Gasteiger partial charge in [0.2, 0.25) is 0 Å². The van der Waals surface area contributed by atoms with Crippen molar-refractivity contribution < 1.29 is 14.3 Å². The lowest BCUT2D eigenvalue weighted by molar-refractivity contribution is -0.141. The number of rotatable bonds is 4. The summed E-state index contributed by atoms with van der Waals surface area (Å²) in [7, 11) is 0. The molecular formula is C16H17NO3. The Morgan fingerprint density at radius 2 is 2.05 bits per heavy atom. The maximum Gasteiger partial charge on any atom is 0.307 e. The highest BCUT2D eigenvalue weighted by atomic mass is 16.4. The van der Waals surface area contributed by atoms with Crippen LogP contribution in [0.4, 0.5) is 0 Å². The van der Waals surface area contributed by atoms with E-state index >= 15 is 0 Å². The van der Waals surface area contributed by atoms with Crippen LogP contribution in [-0.2, 0) is 11.3 Å². The number of benzene rings is 1. The molecule has 0 spiro atoms. The number of carboxylic acids is 1. The molecule has 3 rings (SSSR count). The molecule has 1 aliphatic heterocycles. The monoisotopic (exact) mass is 271 g/mol. The number of carbonyl (C=O) groups is 1. The Morgan fingerprint density at radius 3 is 2.75 bits per heavy atom. The first-order valence-corrected chi connectivity index (χ1v) is 6.81. The molecule has 1 N–H and O–H groups in total. The Kier molecular flexibility index (Phi) is 3.56. The first-order valence-electron chi connectivity index (χ1n) is 6.81. The lowest BCUT2D eigenvalue weighted by atomic mass is 10.1. The summed E-state index contributed by atoms with van der Waals surface area (Å²) in [5.74, 6) is 0.806. The van der Waals surface area contributed by atoms with Gasteiger partial charge in [-0.1, -0.05) is 30.3 Å². The van der Waals surface area contributed by atoms with Crippen LogP contribution in [-0.4, -0.2) is 29.1 Å². The van der Waals surface area contributed by atoms with Crippen molar-refractivity contribution in [3.8, 4) is 11.3 Å². The van der Waals surface area contributed by atoms with E-state index in [4.69, 9.17) is 9.52 Å². The predicted octanol–water partition coefficient (Wildman–Crippen LogP) is 2.85. The molecule has 1 aromatic heterocycles. The zero-order valence-corrected chi connectivity index (χ0v) is 11.2. The van der Waals surface area contributed by atoms with Crippen molar-refractivity contribution in [3.63, 3.8) is 0 Å². The molecular weight excluding hydrogens is 254 g/mol. The molecule has 1 fully saturated rings. The molecule has 0 aliphatic carbocycles. The van der Waals surface area contributed by atoms with Crippen molar-refractivity contribution in [2.75, 3.05) is 13.1 Å². The van der Waals surface area contributed by atoms with Gasteiger partial charge in [-0.05, 0) is 25.1 Å². The van der Waals surface area contributed by atoms with Crippen molar-refractivity contribution >= 4 is 5.97 Å². The number of furan rings is 1. The molecule has 1 saturated heterocycles. The third-order valence-corrected chi connectivity index (χ3v) is 3.72. The van der Waals surface area contributed by atoms with E-state index in [0.29, 0.717) is 13.1 Å². The average Bonchev–Trinajstić information content (AvgIpc) is 3.10. The molecule has 2 heterocycles. The van der Waals surface area contributed by atoms with E-state index in [0.717, 1.165) is 30.0 Å². The molecule has 1 aromatic carbocycles. The Labute approximate surface area is 117 Å². The third-order valence-electron chi connectivity index (χ3n) is 3.72. The zero-order chi connectivity index (χ0) is 13.9. The molecule has 0 bridgehead atoms. The summed E-state index contributed by atoms with van der Waals surface area (Å²) in [6.07, 6.45) is 0.724. The largest absolute Gasteiger partial charge is 0.481 e. The van der Waals surface area contributed by atoms with E-state index in [1.54, 1.807) is 0 Å². The van der Waals surface area contributed by atoms with E-state index in [2.05, 4.69) is 4.90 Å². The van der Waals surface area contributed by atoms with Gasteiger partial charge in [-0.25, -0.2) is 0 Å². The van der Waals surface area contributed by atoms with E-state index < -0.39 is 5.97 Å². The minimum Gasteiger partial charge on any atom is -0.481 e. The third kappa shape index (κ3) is 2.75. The summed E-state index contributed by atoms with van der Waals surface area (Å²) < 4.78 is 5.84. The van der Waals surface area contributed by atoms with E-state index in [1.165, 1.54) is 0 Å². The highest BCUT2D eigenvalue weighted by Gasteiger charge is 2.28. The fourth-order valence-corrected chi connectivity index (χ4v) is 2.62. The SMILES string of the molecule is O=C(O)C1CCN(Cc2ccc(-c3ccccc3)o2)C1. The Hall–Kier alpha value is -2.07. The van der Waals surface area contributed by atoms with Crippen molar-refractivity contribution in [1.29, 1.82) is 0 Å². The van der Waals surface area contributed by atoms with Crippen LogP contribution < -0.4 is 0 Å². The Bertz CT molecular complexity index is 591. The van der Waals surface area contributed by atoms with Gasteiger partial charge in [-0.2, -0.15) is 0 Å². The maximum absolute atomic E-state index is 10.9. The molecule has 0 radical (unpaired) electrons. The molecule has 104 valence electrons. The summed E-state index contributed by atoms with van der Waals surface area (Å²) in [4.78, 5) is 13.1. The predicted molar refractivity (Wildman–Crippen MR) is 75.2 cm³/mol. The van der Waals surface area contributed by atoms with E-state index in [9.17, 15) is 4.79 Å². The van der Waals surface area contributed by atoms with Crippen LogP contribution in [0.15, 0.2) is 46.9 Å². The lowest BCUT2D eigenvalue weighted by Crippen LogP contribution is -2.22.